The highest BCUT2D eigenvalue weighted by Gasteiger charge is 2.15. The number of hydrogen-bond acceptors (Lipinski definition) is 3. The molecule has 0 saturated carbocycles. The first kappa shape index (κ1) is 10.7. The van der Waals surface area contributed by atoms with Crippen LogP contribution < -0.4 is 4.74 Å². The van der Waals surface area contributed by atoms with Crippen LogP contribution in [0.25, 0.3) is 0 Å². The van der Waals surface area contributed by atoms with Gasteiger partial charge in [-0.05, 0) is 12.1 Å². The summed E-state index contributed by atoms with van der Waals surface area (Å²) < 4.78 is 35.6. The van der Waals surface area contributed by atoms with Crippen LogP contribution in [0.1, 0.15) is 0 Å². The number of benzene rings is 1. The van der Waals surface area contributed by atoms with Gasteiger partial charge in [-0.25, -0.2) is 0 Å². The summed E-state index contributed by atoms with van der Waals surface area (Å²) in [4.78, 5) is -0.234. The molecule has 0 heterocycles. The maximum absolute atomic E-state index is 10.9. The van der Waals surface area contributed by atoms with Crippen LogP contribution in [0.4, 0.5) is 0 Å². The molecule has 0 radical (unpaired) electrons. The van der Waals surface area contributed by atoms with E-state index in [0.29, 0.717) is 0 Å². The second kappa shape index (κ2) is 4.26. The van der Waals surface area contributed by atoms with Gasteiger partial charge in [0.2, 0.25) is 0 Å². The zero-order chi connectivity index (χ0) is 10.6. The normalized spacial score (nSPS) is 10.9. The highest BCUT2D eigenvalue weighted by atomic mass is 32.2. The van der Waals surface area contributed by atoms with E-state index in [0.717, 1.165) is 0 Å². The molecule has 0 aliphatic carbocycles. The predicted molar refractivity (Wildman–Crippen MR) is 51.9 cm³/mol. The maximum Gasteiger partial charge on any atom is 0.298 e. The van der Waals surface area contributed by atoms with Crippen LogP contribution in [0, 0.1) is 0 Å². The van der Waals surface area contributed by atoms with E-state index in [1.807, 2.05) is 0 Å². The van der Waals surface area contributed by atoms with E-state index < -0.39 is 10.1 Å². The molecule has 0 spiro atoms. The zero-order valence-corrected chi connectivity index (χ0v) is 8.20. The molecule has 0 fully saturated rings. The van der Waals surface area contributed by atoms with E-state index in [1.165, 1.54) is 24.3 Å². The van der Waals surface area contributed by atoms with Gasteiger partial charge in [-0.15, -0.1) is 0 Å². The Morgan fingerprint density at radius 3 is 2.64 bits per heavy atom. The van der Waals surface area contributed by atoms with Crippen LogP contribution in [0.2, 0.25) is 0 Å². The van der Waals surface area contributed by atoms with E-state index in [4.69, 9.17) is 9.29 Å². The lowest BCUT2D eigenvalue weighted by molar-refractivity contribution is 0.351. The first-order chi connectivity index (χ1) is 6.55. The van der Waals surface area contributed by atoms with Crippen molar-refractivity contribution in [2.24, 2.45) is 0 Å². The lowest BCUT2D eigenvalue weighted by Crippen LogP contribution is -2.03. The highest BCUT2D eigenvalue weighted by Crippen LogP contribution is 2.22. The summed E-state index contributed by atoms with van der Waals surface area (Å²) >= 11 is 0. The molecule has 0 bridgehead atoms. The van der Waals surface area contributed by atoms with Gasteiger partial charge in [0.05, 0.1) is 0 Å². The molecule has 76 valence electrons. The minimum absolute atomic E-state index is 0.120. The molecule has 0 unspecified atom stereocenters. The number of para-hydroxylation sites is 1. The molecule has 1 aromatic rings. The average Bonchev–Trinajstić information content (AvgIpc) is 2.14. The molecule has 0 amide bonds. The molecule has 0 aliphatic heterocycles. The smallest absolute Gasteiger partial charge is 0.298 e. The fourth-order valence-electron chi connectivity index (χ4n) is 0.931. The van der Waals surface area contributed by atoms with Gasteiger partial charge in [0.1, 0.15) is 17.3 Å². The summed E-state index contributed by atoms with van der Waals surface area (Å²) in [6.07, 6.45) is 1.49. The summed E-state index contributed by atoms with van der Waals surface area (Å²) in [6, 6.07) is 5.86. The Labute approximate surface area is 82.6 Å². The van der Waals surface area contributed by atoms with E-state index >= 15 is 0 Å². The first-order valence-corrected chi connectivity index (χ1v) is 5.30. The Morgan fingerprint density at radius 2 is 2.07 bits per heavy atom. The fourth-order valence-corrected chi connectivity index (χ4v) is 1.56. The van der Waals surface area contributed by atoms with Gasteiger partial charge < -0.3 is 4.74 Å². The van der Waals surface area contributed by atoms with Crippen LogP contribution in [0.15, 0.2) is 41.8 Å². The Hall–Kier alpha value is -1.33. The van der Waals surface area contributed by atoms with Crippen LogP contribution in [0.5, 0.6) is 5.75 Å². The average molecular weight is 214 g/mol. The van der Waals surface area contributed by atoms with Crippen LogP contribution in [-0.2, 0) is 10.1 Å². The van der Waals surface area contributed by atoms with Crippen molar-refractivity contribution in [1.29, 1.82) is 0 Å². The van der Waals surface area contributed by atoms with E-state index in [1.54, 1.807) is 6.07 Å². The third-order valence-corrected chi connectivity index (χ3v) is 2.38. The number of ether oxygens (including phenoxy) is 1. The molecule has 0 aliphatic rings. The Morgan fingerprint density at radius 1 is 1.43 bits per heavy atom. The van der Waals surface area contributed by atoms with E-state index in [9.17, 15) is 8.42 Å². The first-order valence-electron chi connectivity index (χ1n) is 3.86. The summed E-state index contributed by atoms with van der Waals surface area (Å²) in [6.45, 7) is 3.62. The molecule has 0 saturated heterocycles. The zero-order valence-electron chi connectivity index (χ0n) is 7.38. The number of hydrogen-bond donors (Lipinski definition) is 1. The van der Waals surface area contributed by atoms with Crippen LogP contribution >= 0.6 is 0 Å². The fraction of sp³-hybridized carbons (Fsp3) is 0.111. The summed E-state index contributed by atoms with van der Waals surface area (Å²) in [5.41, 5.74) is 0. The summed E-state index contributed by atoms with van der Waals surface area (Å²) in [7, 11) is -4.22. The van der Waals surface area contributed by atoms with E-state index in [-0.39, 0.29) is 17.3 Å². The minimum atomic E-state index is -4.22. The highest BCUT2D eigenvalue weighted by molar-refractivity contribution is 7.86. The molecular formula is C9H10O4S. The van der Waals surface area contributed by atoms with Gasteiger partial charge in [0.15, 0.2) is 0 Å². The Bertz CT molecular complexity index is 422. The second-order valence-corrected chi connectivity index (χ2v) is 3.91. The predicted octanol–water partition coefficient (Wildman–Crippen LogP) is 1.50. The van der Waals surface area contributed by atoms with Crippen molar-refractivity contribution < 1.29 is 17.7 Å². The van der Waals surface area contributed by atoms with Crippen molar-refractivity contribution in [2.75, 3.05) is 6.61 Å². The van der Waals surface area contributed by atoms with Gasteiger partial charge >= 0.3 is 0 Å². The quantitative estimate of drug-likeness (QED) is 0.609. The molecular weight excluding hydrogens is 204 g/mol. The standard InChI is InChI=1S/C9H10O4S/c1-2-7-13-8-5-3-4-6-9(8)14(10,11)12/h2-6H,1,7H2,(H,10,11,12). The van der Waals surface area contributed by atoms with Crippen LogP contribution in [0.3, 0.4) is 0 Å². The van der Waals surface area contributed by atoms with Crippen molar-refractivity contribution in [3.63, 3.8) is 0 Å². The third-order valence-electron chi connectivity index (χ3n) is 1.48. The summed E-state index contributed by atoms with van der Waals surface area (Å²) in [5, 5.41) is 0. The van der Waals surface area contributed by atoms with Crippen LogP contribution in [-0.4, -0.2) is 19.6 Å². The molecule has 14 heavy (non-hydrogen) atoms. The monoisotopic (exact) mass is 214 g/mol. The van der Waals surface area contributed by atoms with Gasteiger partial charge in [0, 0.05) is 0 Å². The van der Waals surface area contributed by atoms with Crippen molar-refractivity contribution in [3.05, 3.63) is 36.9 Å². The van der Waals surface area contributed by atoms with Gasteiger partial charge in [0.25, 0.3) is 10.1 Å². The molecule has 0 atom stereocenters. The van der Waals surface area contributed by atoms with Gasteiger partial charge in [-0.1, -0.05) is 24.8 Å². The van der Waals surface area contributed by atoms with Crippen molar-refractivity contribution in [2.45, 2.75) is 4.90 Å². The molecule has 4 nitrogen and oxygen atoms in total. The largest absolute Gasteiger partial charge is 0.488 e. The lowest BCUT2D eigenvalue weighted by atomic mass is 10.3. The van der Waals surface area contributed by atoms with Crippen molar-refractivity contribution in [1.82, 2.24) is 0 Å². The topological polar surface area (TPSA) is 63.6 Å². The molecule has 1 aromatic carbocycles. The second-order valence-electron chi connectivity index (χ2n) is 2.52. The Kier molecular flexibility index (Phi) is 3.27. The molecule has 0 aromatic heterocycles. The number of rotatable bonds is 4. The van der Waals surface area contributed by atoms with Crippen molar-refractivity contribution in [3.8, 4) is 5.75 Å². The van der Waals surface area contributed by atoms with Gasteiger partial charge in [-0.2, -0.15) is 8.42 Å². The summed E-state index contributed by atoms with van der Waals surface area (Å²) in [5.74, 6) is 0.120. The van der Waals surface area contributed by atoms with Gasteiger partial charge in [-0.3, -0.25) is 4.55 Å². The lowest BCUT2D eigenvalue weighted by Gasteiger charge is -2.06. The third kappa shape index (κ3) is 2.58. The maximum atomic E-state index is 10.9. The molecule has 1 N–H and O–H groups in total. The van der Waals surface area contributed by atoms with Crippen molar-refractivity contribution >= 4 is 10.1 Å². The molecule has 5 heteroatoms. The molecule has 1 rings (SSSR count). The Balaban J connectivity index is 3.10. The minimum Gasteiger partial charge on any atom is -0.488 e. The SMILES string of the molecule is C=CCOc1ccccc1S(=O)(=O)O. The van der Waals surface area contributed by atoms with E-state index in [2.05, 4.69) is 6.58 Å².